The summed E-state index contributed by atoms with van der Waals surface area (Å²) < 4.78 is 26.2. The normalized spacial score (nSPS) is 10.7. The Hall–Kier alpha value is -4.13. The Morgan fingerprint density at radius 3 is 2.75 bits per heavy atom. The largest absolute Gasteiger partial charge is 0.485 e. The lowest BCUT2D eigenvalue weighted by atomic mass is 10.1. The van der Waals surface area contributed by atoms with E-state index in [4.69, 9.17) is 9.15 Å². The second kappa shape index (κ2) is 9.78. The molecule has 1 N–H and O–H groups in total. The Morgan fingerprint density at radius 1 is 1.12 bits per heavy atom. The second-order valence-electron chi connectivity index (χ2n) is 7.13. The van der Waals surface area contributed by atoms with Crippen molar-refractivity contribution in [1.82, 2.24) is 9.78 Å². The van der Waals surface area contributed by atoms with E-state index in [0.717, 1.165) is 16.9 Å². The molecule has 2 aromatic heterocycles. The first kappa shape index (κ1) is 21.1. The van der Waals surface area contributed by atoms with Gasteiger partial charge in [0.2, 0.25) is 0 Å². The van der Waals surface area contributed by atoms with E-state index < -0.39 is 5.91 Å². The molecule has 0 atom stereocenters. The molecule has 0 saturated carbocycles. The Kier molecular flexibility index (Phi) is 6.46. The first-order valence-corrected chi connectivity index (χ1v) is 10.1. The minimum absolute atomic E-state index is 0.163. The van der Waals surface area contributed by atoms with E-state index in [-0.39, 0.29) is 18.2 Å². The maximum absolute atomic E-state index is 13.0. The second-order valence-corrected chi connectivity index (χ2v) is 7.13. The lowest BCUT2D eigenvalue weighted by molar-refractivity contribution is 0.0992. The number of nitrogens with one attached hydrogen (secondary N) is 1. The molecule has 0 fully saturated rings. The molecule has 6 nitrogen and oxygen atoms in total. The van der Waals surface area contributed by atoms with Gasteiger partial charge in [-0.05, 0) is 47.9 Å². The molecule has 4 aromatic rings. The lowest BCUT2D eigenvalue weighted by Crippen LogP contribution is -2.12. The van der Waals surface area contributed by atoms with Crippen LogP contribution in [0.5, 0.6) is 5.75 Å². The first-order valence-electron chi connectivity index (χ1n) is 10.1. The van der Waals surface area contributed by atoms with E-state index >= 15 is 0 Å². The van der Waals surface area contributed by atoms with Crippen molar-refractivity contribution in [1.29, 1.82) is 0 Å². The molecule has 0 unspecified atom stereocenters. The van der Waals surface area contributed by atoms with Crippen molar-refractivity contribution < 1.29 is 18.3 Å². The molecule has 2 aromatic carbocycles. The molecule has 4 rings (SSSR count). The molecular weight excluding hydrogens is 409 g/mol. The van der Waals surface area contributed by atoms with Gasteiger partial charge in [-0.2, -0.15) is 5.10 Å². The van der Waals surface area contributed by atoms with Crippen LogP contribution in [0.2, 0.25) is 0 Å². The number of anilines is 1. The summed E-state index contributed by atoms with van der Waals surface area (Å²) in [5.41, 5.74) is 1.93. The molecule has 0 aliphatic heterocycles. The van der Waals surface area contributed by atoms with Crippen LogP contribution in [0.25, 0.3) is 0 Å². The van der Waals surface area contributed by atoms with Crippen LogP contribution in [0.4, 0.5) is 10.2 Å². The molecule has 2 heterocycles. The predicted octanol–water partition coefficient (Wildman–Crippen LogP) is 5.22. The molecule has 0 aliphatic rings. The maximum atomic E-state index is 13.0. The van der Waals surface area contributed by atoms with Crippen molar-refractivity contribution >= 4 is 11.7 Å². The van der Waals surface area contributed by atoms with Crippen molar-refractivity contribution in [3.05, 3.63) is 114 Å². The Morgan fingerprint density at radius 2 is 1.94 bits per heavy atom. The fraction of sp³-hybridized carbons (Fsp3) is 0.120. The van der Waals surface area contributed by atoms with Crippen molar-refractivity contribution in [2.24, 2.45) is 0 Å². The van der Waals surface area contributed by atoms with Crippen LogP contribution < -0.4 is 10.1 Å². The predicted molar refractivity (Wildman–Crippen MR) is 119 cm³/mol. The SMILES string of the molecule is C=CCc1ccccc1OCc1ccc(C(=O)Nc2ccn(Cc3ccc(F)cc3)n2)o1. The zero-order chi connectivity index (χ0) is 22.3. The standard InChI is InChI=1S/C25H22FN3O3/c1-2-5-19-6-3-4-7-22(19)31-17-21-12-13-23(32-21)25(30)27-24-14-15-29(28-24)16-18-8-10-20(26)11-9-18/h2-4,6-15H,1,5,16-17H2,(H,27,28,30). The van der Waals surface area contributed by atoms with Gasteiger partial charge in [-0.25, -0.2) is 4.39 Å². The average Bonchev–Trinajstić information content (AvgIpc) is 3.45. The number of aromatic nitrogens is 2. The van der Waals surface area contributed by atoms with Crippen molar-refractivity contribution in [2.75, 3.05) is 5.32 Å². The number of ether oxygens (including phenoxy) is 1. The van der Waals surface area contributed by atoms with Crippen LogP contribution in [-0.2, 0) is 19.6 Å². The summed E-state index contributed by atoms with van der Waals surface area (Å²) in [6.45, 7) is 4.43. The average molecular weight is 431 g/mol. The smallest absolute Gasteiger partial charge is 0.292 e. The lowest BCUT2D eigenvalue weighted by Gasteiger charge is -2.08. The van der Waals surface area contributed by atoms with E-state index in [0.29, 0.717) is 24.5 Å². The number of rotatable bonds is 9. The van der Waals surface area contributed by atoms with Crippen molar-refractivity contribution in [2.45, 2.75) is 19.6 Å². The summed E-state index contributed by atoms with van der Waals surface area (Å²) >= 11 is 0. The number of benzene rings is 2. The molecule has 1 amide bonds. The van der Waals surface area contributed by atoms with Gasteiger partial charge < -0.3 is 14.5 Å². The molecule has 0 bridgehead atoms. The quantitative estimate of drug-likeness (QED) is 0.369. The highest BCUT2D eigenvalue weighted by Gasteiger charge is 2.14. The van der Waals surface area contributed by atoms with Gasteiger partial charge in [0.25, 0.3) is 5.91 Å². The van der Waals surface area contributed by atoms with Crippen molar-refractivity contribution in [3.63, 3.8) is 0 Å². The van der Waals surface area contributed by atoms with Gasteiger partial charge in [-0.1, -0.05) is 36.4 Å². The summed E-state index contributed by atoms with van der Waals surface area (Å²) in [6, 6.07) is 18.9. The Bertz CT molecular complexity index is 1210. The number of furan rings is 1. The fourth-order valence-corrected chi connectivity index (χ4v) is 3.17. The van der Waals surface area contributed by atoms with Crippen LogP contribution in [0.3, 0.4) is 0 Å². The minimum Gasteiger partial charge on any atom is -0.485 e. The molecule has 7 heteroatoms. The van der Waals surface area contributed by atoms with Gasteiger partial charge in [0.15, 0.2) is 11.6 Å². The third-order valence-corrected chi connectivity index (χ3v) is 4.73. The third kappa shape index (κ3) is 5.31. The van der Waals surface area contributed by atoms with E-state index in [1.807, 2.05) is 30.3 Å². The number of nitrogens with zero attached hydrogens (tertiary/aromatic N) is 2. The number of hydrogen-bond acceptors (Lipinski definition) is 4. The molecular formula is C25H22FN3O3. The maximum Gasteiger partial charge on any atom is 0.292 e. The van der Waals surface area contributed by atoms with Crippen molar-refractivity contribution in [3.8, 4) is 5.75 Å². The zero-order valence-corrected chi connectivity index (χ0v) is 17.3. The van der Waals surface area contributed by atoms with Gasteiger partial charge >= 0.3 is 0 Å². The minimum atomic E-state index is -0.407. The number of allylic oxidation sites excluding steroid dienone is 1. The molecule has 162 valence electrons. The molecule has 0 radical (unpaired) electrons. The number of halogens is 1. The van der Waals surface area contributed by atoms with Crippen LogP contribution in [0.15, 0.2) is 90.0 Å². The fourth-order valence-electron chi connectivity index (χ4n) is 3.17. The zero-order valence-electron chi connectivity index (χ0n) is 17.3. The summed E-state index contributed by atoms with van der Waals surface area (Å²) in [4.78, 5) is 12.5. The van der Waals surface area contributed by atoms with E-state index in [9.17, 15) is 9.18 Å². The third-order valence-electron chi connectivity index (χ3n) is 4.73. The highest BCUT2D eigenvalue weighted by atomic mass is 19.1. The van der Waals surface area contributed by atoms with E-state index in [1.165, 1.54) is 12.1 Å². The Balaban J connectivity index is 1.33. The summed E-state index contributed by atoms with van der Waals surface area (Å²) in [5, 5.41) is 7.03. The topological polar surface area (TPSA) is 69.3 Å². The summed E-state index contributed by atoms with van der Waals surface area (Å²) in [5.74, 6) is 1.15. The molecule has 0 saturated heterocycles. The molecule has 0 aliphatic carbocycles. The van der Waals surface area contributed by atoms with E-state index in [1.54, 1.807) is 41.2 Å². The highest BCUT2D eigenvalue weighted by Crippen LogP contribution is 2.21. The summed E-state index contributed by atoms with van der Waals surface area (Å²) in [7, 11) is 0. The van der Waals surface area contributed by atoms with Gasteiger partial charge in [-0.15, -0.1) is 6.58 Å². The number of hydrogen-bond donors (Lipinski definition) is 1. The van der Waals surface area contributed by atoms with Gasteiger partial charge in [0, 0.05) is 12.3 Å². The van der Waals surface area contributed by atoms with Gasteiger partial charge in [0.05, 0.1) is 6.54 Å². The number of para-hydroxylation sites is 1. The Labute approximate surface area is 184 Å². The first-order chi connectivity index (χ1) is 15.6. The highest BCUT2D eigenvalue weighted by molar-refractivity contribution is 6.01. The van der Waals surface area contributed by atoms with Crippen LogP contribution >= 0.6 is 0 Å². The van der Waals surface area contributed by atoms with Crippen LogP contribution in [0, 0.1) is 5.82 Å². The number of amides is 1. The monoisotopic (exact) mass is 431 g/mol. The molecule has 32 heavy (non-hydrogen) atoms. The van der Waals surface area contributed by atoms with E-state index in [2.05, 4.69) is 17.0 Å². The van der Waals surface area contributed by atoms with Crippen LogP contribution in [0.1, 0.15) is 27.4 Å². The number of carbonyl (C=O) groups excluding carboxylic acids is 1. The van der Waals surface area contributed by atoms with Gasteiger partial charge in [-0.3, -0.25) is 9.48 Å². The molecule has 0 spiro atoms. The van der Waals surface area contributed by atoms with Gasteiger partial charge in [0.1, 0.15) is 23.9 Å². The number of carbonyl (C=O) groups is 1. The summed E-state index contributed by atoms with van der Waals surface area (Å²) in [6.07, 6.45) is 4.26. The van der Waals surface area contributed by atoms with Crippen LogP contribution in [-0.4, -0.2) is 15.7 Å².